The van der Waals surface area contributed by atoms with Gasteiger partial charge in [-0.1, -0.05) is 0 Å². The molecule has 0 aromatic carbocycles. The number of fused-ring (bicyclic) bond motifs is 1. The predicted octanol–water partition coefficient (Wildman–Crippen LogP) is 2.21. The van der Waals surface area contributed by atoms with Crippen LogP contribution in [0.15, 0.2) is 24.5 Å². The number of hydrogen-bond acceptors (Lipinski definition) is 7. The number of piperidine rings is 1. The molecule has 0 bridgehead atoms. The highest BCUT2D eigenvalue weighted by Crippen LogP contribution is 2.29. The highest BCUT2D eigenvalue weighted by molar-refractivity contribution is 5.46. The molecule has 2 aliphatic rings. The van der Waals surface area contributed by atoms with Gasteiger partial charge in [0.25, 0.3) is 0 Å². The molecule has 3 aromatic heterocycles. The summed E-state index contributed by atoms with van der Waals surface area (Å²) in [6, 6.07) is 6.16. The van der Waals surface area contributed by atoms with Gasteiger partial charge in [0.1, 0.15) is 18.0 Å². The standard InChI is InChI=1S/C19H24N8/c1-14-12-18(21-13-20-14)26-10-6-15(7-11-26)19-23-22-16-4-5-17(24-27(16)19)25-8-2-3-9-25/h4-5,12-13,15H,2-3,6-11H2,1H3. The topological polar surface area (TPSA) is 75.3 Å². The van der Waals surface area contributed by atoms with Crippen molar-refractivity contribution >= 4 is 17.3 Å². The van der Waals surface area contributed by atoms with Crippen molar-refractivity contribution < 1.29 is 0 Å². The van der Waals surface area contributed by atoms with Crippen LogP contribution in [-0.2, 0) is 0 Å². The van der Waals surface area contributed by atoms with Gasteiger partial charge in [-0.05, 0) is 44.7 Å². The summed E-state index contributed by atoms with van der Waals surface area (Å²) in [7, 11) is 0. The Hall–Kier alpha value is -2.77. The Balaban J connectivity index is 1.36. The average Bonchev–Trinajstić information content (AvgIpc) is 3.38. The first kappa shape index (κ1) is 16.4. The van der Waals surface area contributed by atoms with Gasteiger partial charge in [-0.3, -0.25) is 0 Å². The maximum absolute atomic E-state index is 4.86. The van der Waals surface area contributed by atoms with E-state index >= 15 is 0 Å². The molecule has 0 amide bonds. The maximum atomic E-state index is 4.86. The van der Waals surface area contributed by atoms with Crippen LogP contribution in [0, 0.1) is 6.92 Å². The molecule has 2 aliphatic heterocycles. The molecule has 0 N–H and O–H groups in total. The molecule has 140 valence electrons. The minimum atomic E-state index is 0.375. The third-order valence-corrected chi connectivity index (χ3v) is 5.68. The second-order valence-corrected chi connectivity index (χ2v) is 7.49. The van der Waals surface area contributed by atoms with Gasteiger partial charge in [0.05, 0.1) is 0 Å². The third-order valence-electron chi connectivity index (χ3n) is 5.68. The van der Waals surface area contributed by atoms with Gasteiger partial charge in [-0.25, -0.2) is 9.97 Å². The van der Waals surface area contributed by atoms with E-state index in [1.54, 1.807) is 6.33 Å². The van der Waals surface area contributed by atoms with E-state index in [0.29, 0.717) is 5.92 Å². The maximum Gasteiger partial charge on any atom is 0.178 e. The number of aryl methyl sites for hydroxylation is 1. The Morgan fingerprint density at radius 1 is 0.889 bits per heavy atom. The smallest absolute Gasteiger partial charge is 0.178 e. The molecule has 0 aliphatic carbocycles. The fourth-order valence-corrected chi connectivity index (χ4v) is 4.15. The summed E-state index contributed by atoms with van der Waals surface area (Å²) < 4.78 is 1.96. The van der Waals surface area contributed by atoms with Crippen LogP contribution in [0.4, 0.5) is 11.6 Å². The summed E-state index contributed by atoms with van der Waals surface area (Å²) in [5.74, 6) is 3.42. The summed E-state index contributed by atoms with van der Waals surface area (Å²) in [5.41, 5.74) is 1.84. The minimum Gasteiger partial charge on any atom is -0.356 e. The molecule has 8 nitrogen and oxygen atoms in total. The van der Waals surface area contributed by atoms with E-state index in [9.17, 15) is 0 Å². The van der Waals surface area contributed by atoms with Gasteiger partial charge in [0.2, 0.25) is 0 Å². The number of anilines is 2. The quantitative estimate of drug-likeness (QED) is 0.705. The molecular formula is C19H24N8. The van der Waals surface area contributed by atoms with Crippen molar-refractivity contribution in [3.05, 3.63) is 36.0 Å². The average molecular weight is 364 g/mol. The molecule has 0 saturated carbocycles. The Labute approximate surface area is 158 Å². The summed E-state index contributed by atoms with van der Waals surface area (Å²) >= 11 is 0. The molecule has 5 rings (SSSR count). The van der Waals surface area contributed by atoms with E-state index < -0.39 is 0 Å². The van der Waals surface area contributed by atoms with Crippen molar-refractivity contribution in [2.75, 3.05) is 36.0 Å². The third kappa shape index (κ3) is 3.09. The van der Waals surface area contributed by atoms with Crippen molar-refractivity contribution in [1.82, 2.24) is 29.8 Å². The summed E-state index contributed by atoms with van der Waals surface area (Å²) in [6.07, 6.45) is 6.19. The van der Waals surface area contributed by atoms with Gasteiger partial charge in [0, 0.05) is 43.9 Å². The molecule has 0 atom stereocenters. The van der Waals surface area contributed by atoms with E-state index in [1.807, 2.05) is 17.5 Å². The Morgan fingerprint density at radius 2 is 1.67 bits per heavy atom. The number of aromatic nitrogens is 6. The van der Waals surface area contributed by atoms with Crippen LogP contribution in [-0.4, -0.2) is 56.0 Å². The zero-order valence-corrected chi connectivity index (χ0v) is 15.6. The van der Waals surface area contributed by atoms with E-state index in [-0.39, 0.29) is 0 Å². The molecule has 5 heterocycles. The molecule has 2 fully saturated rings. The lowest BCUT2D eigenvalue weighted by atomic mass is 9.96. The number of nitrogens with zero attached hydrogens (tertiary/aromatic N) is 8. The lowest BCUT2D eigenvalue weighted by Gasteiger charge is -2.32. The van der Waals surface area contributed by atoms with Crippen LogP contribution < -0.4 is 9.80 Å². The van der Waals surface area contributed by atoms with Crippen molar-refractivity contribution in [2.45, 2.75) is 38.5 Å². The van der Waals surface area contributed by atoms with Crippen LogP contribution in [0.5, 0.6) is 0 Å². The zero-order valence-electron chi connectivity index (χ0n) is 15.6. The van der Waals surface area contributed by atoms with Gasteiger partial charge < -0.3 is 9.80 Å². The fourth-order valence-electron chi connectivity index (χ4n) is 4.15. The predicted molar refractivity (Wildman–Crippen MR) is 103 cm³/mol. The van der Waals surface area contributed by atoms with Crippen LogP contribution in [0.3, 0.4) is 0 Å². The molecule has 3 aromatic rings. The van der Waals surface area contributed by atoms with Gasteiger partial charge in [-0.2, -0.15) is 4.52 Å². The van der Waals surface area contributed by atoms with Gasteiger partial charge in [-0.15, -0.1) is 15.3 Å². The van der Waals surface area contributed by atoms with Crippen LogP contribution in [0.2, 0.25) is 0 Å². The first-order valence-electron chi connectivity index (χ1n) is 9.79. The van der Waals surface area contributed by atoms with E-state index in [2.05, 4.69) is 42.1 Å². The van der Waals surface area contributed by atoms with Crippen molar-refractivity contribution in [3.8, 4) is 0 Å². The largest absolute Gasteiger partial charge is 0.356 e. The van der Waals surface area contributed by atoms with E-state index in [0.717, 1.165) is 67.8 Å². The molecule has 0 radical (unpaired) electrons. The van der Waals surface area contributed by atoms with Crippen LogP contribution >= 0.6 is 0 Å². The van der Waals surface area contributed by atoms with Crippen molar-refractivity contribution in [3.63, 3.8) is 0 Å². The summed E-state index contributed by atoms with van der Waals surface area (Å²) in [5, 5.41) is 13.7. The first-order valence-corrected chi connectivity index (χ1v) is 9.79. The Bertz CT molecular complexity index is 938. The van der Waals surface area contributed by atoms with Crippen LogP contribution in [0.1, 0.15) is 43.1 Å². The molecule has 0 unspecified atom stereocenters. The summed E-state index contributed by atoms with van der Waals surface area (Å²) in [4.78, 5) is 13.3. The monoisotopic (exact) mass is 364 g/mol. The van der Waals surface area contributed by atoms with Gasteiger partial charge >= 0.3 is 0 Å². The highest BCUT2D eigenvalue weighted by atomic mass is 15.4. The highest BCUT2D eigenvalue weighted by Gasteiger charge is 2.26. The molecule has 2 saturated heterocycles. The van der Waals surface area contributed by atoms with Gasteiger partial charge in [0.15, 0.2) is 11.5 Å². The Morgan fingerprint density at radius 3 is 2.44 bits per heavy atom. The molecule has 0 spiro atoms. The zero-order chi connectivity index (χ0) is 18.2. The van der Waals surface area contributed by atoms with Crippen molar-refractivity contribution in [2.24, 2.45) is 0 Å². The van der Waals surface area contributed by atoms with Crippen molar-refractivity contribution in [1.29, 1.82) is 0 Å². The minimum absolute atomic E-state index is 0.375. The second-order valence-electron chi connectivity index (χ2n) is 7.49. The normalized spacial score (nSPS) is 18.6. The van der Waals surface area contributed by atoms with Crippen LogP contribution in [0.25, 0.3) is 5.65 Å². The molecule has 8 heteroatoms. The SMILES string of the molecule is Cc1cc(N2CCC(c3nnc4ccc(N5CCCC5)nn34)CC2)ncn1. The molecular weight excluding hydrogens is 340 g/mol. The molecule has 27 heavy (non-hydrogen) atoms. The fraction of sp³-hybridized carbons (Fsp3) is 0.526. The number of rotatable bonds is 3. The van der Waals surface area contributed by atoms with E-state index in [4.69, 9.17) is 5.10 Å². The lowest BCUT2D eigenvalue weighted by Crippen LogP contribution is -2.34. The Kier molecular flexibility index (Phi) is 4.10. The van der Waals surface area contributed by atoms with E-state index in [1.165, 1.54) is 12.8 Å². The first-order chi connectivity index (χ1) is 13.3. The summed E-state index contributed by atoms with van der Waals surface area (Å²) in [6.45, 7) is 6.10. The number of hydrogen-bond donors (Lipinski definition) is 0. The second kappa shape index (κ2) is 6.75. The lowest BCUT2D eigenvalue weighted by molar-refractivity contribution is 0.475.